The average Bonchev–Trinajstić information content (AvgIpc) is 3.12. The Balaban J connectivity index is 1.40. The molecule has 2 atom stereocenters. The first-order valence-corrected chi connectivity index (χ1v) is 11.8. The summed E-state index contributed by atoms with van der Waals surface area (Å²) in [6, 6.07) is 10.1. The van der Waals surface area contributed by atoms with Crippen molar-refractivity contribution >= 4 is 11.8 Å². The van der Waals surface area contributed by atoms with Crippen LogP contribution in [0.2, 0.25) is 0 Å². The summed E-state index contributed by atoms with van der Waals surface area (Å²) in [6.07, 6.45) is 3.78. The van der Waals surface area contributed by atoms with Crippen molar-refractivity contribution in [2.75, 3.05) is 0 Å². The molecule has 0 spiro atoms. The van der Waals surface area contributed by atoms with Gasteiger partial charge in [-0.05, 0) is 81.1 Å². The Labute approximate surface area is 185 Å². The molecule has 4 saturated carbocycles. The van der Waals surface area contributed by atoms with E-state index in [2.05, 4.69) is 22.1 Å². The lowest BCUT2D eigenvalue weighted by molar-refractivity contribution is -0.253. The summed E-state index contributed by atoms with van der Waals surface area (Å²) >= 11 is 0. The fourth-order valence-electron chi connectivity index (χ4n) is 7.68. The highest BCUT2D eigenvalue weighted by molar-refractivity contribution is 5.90. The topological polar surface area (TPSA) is 45.1 Å². The summed E-state index contributed by atoms with van der Waals surface area (Å²) in [5.41, 5.74) is 1.02. The van der Waals surface area contributed by atoms with E-state index in [9.17, 15) is 18.0 Å². The monoisotopic (exact) mass is 447 g/mol. The number of alkyl halides is 3. The normalized spacial score (nSPS) is 38.0. The van der Waals surface area contributed by atoms with E-state index >= 15 is 0 Å². The van der Waals surface area contributed by atoms with Gasteiger partial charge in [-0.25, -0.2) is 4.79 Å². The van der Waals surface area contributed by atoms with Gasteiger partial charge in [0, 0.05) is 5.41 Å². The lowest BCUT2D eigenvalue weighted by Crippen LogP contribution is -2.56. The molecular formula is C24H28F3N3O2. The van der Waals surface area contributed by atoms with E-state index in [1.54, 1.807) is 0 Å². The van der Waals surface area contributed by atoms with Crippen LogP contribution in [0.15, 0.2) is 35.4 Å². The third-order valence-electron chi connectivity index (χ3n) is 8.39. The molecule has 5 nitrogen and oxygen atoms in total. The van der Waals surface area contributed by atoms with Gasteiger partial charge in [-0.15, -0.1) is 5.10 Å². The maximum absolute atomic E-state index is 13.0. The lowest BCUT2D eigenvalue weighted by atomic mass is 9.49. The summed E-state index contributed by atoms with van der Waals surface area (Å²) in [5.74, 6) is 0.692. The molecule has 4 aliphatic carbocycles. The van der Waals surface area contributed by atoms with E-state index in [1.807, 2.05) is 18.2 Å². The first kappa shape index (κ1) is 20.4. The van der Waals surface area contributed by atoms with Crippen LogP contribution in [0.3, 0.4) is 0 Å². The third-order valence-corrected chi connectivity index (χ3v) is 8.39. The van der Waals surface area contributed by atoms with E-state index in [1.165, 1.54) is 19.3 Å². The van der Waals surface area contributed by atoms with Gasteiger partial charge >= 0.3 is 12.1 Å². The fourth-order valence-corrected chi connectivity index (χ4v) is 7.68. The first-order valence-electron chi connectivity index (χ1n) is 11.8. The second-order valence-electron chi connectivity index (χ2n) is 10.5. The van der Waals surface area contributed by atoms with Gasteiger partial charge in [-0.1, -0.05) is 35.5 Å². The van der Waals surface area contributed by atoms with Gasteiger partial charge in [0.25, 0.3) is 0 Å². The molecule has 0 N–H and O–H groups in total. The van der Waals surface area contributed by atoms with Crippen molar-refractivity contribution < 1.29 is 22.8 Å². The predicted molar refractivity (Wildman–Crippen MR) is 111 cm³/mol. The highest BCUT2D eigenvalue weighted by Gasteiger charge is 2.59. The Bertz CT molecular complexity index is 897. The van der Waals surface area contributed by atoms with E-state index < -0.39 is 18.3 Å². The number of hydrazone groups is 1. The summed E-state index contributed by atoms with van der Waals surface area (Å²) in [7, 11) is 0. The van der Waals surface area contributed by atoms with Crippen molar-refractivity contribution in [1.29, 1.82) is 0 Å². The summed E-state index contributed by atoms with van der Waals surface area (Å²) < 4.78 is 39.0. The molecule has 1 saturated heterocycles. The molecule has 1 aromatic carbocycles. The zero-order chi connectivity index (χ0) is 22.1. The number of fused-ring (bicyclic) bond motifs is 1. The molecule has 0 radical (unpaired) electrons. The van der Waals surface area contributed by atoms with Gasteiger partial charge in [0.1, 0.15) is 5.84 Å². The number of carbonyl (C=O) groups excluding carboxylic acids is 1. The molecule has 8 heteroatoms. The molecule has 6 aliphatic rings. The van der Waals surface area contributed by atoms with Crippen LogP contribution in [0.1, 0.15) is 69.4 Å². The van der Waals surface area contributed by atoms with Gasteiger partial charge in [0.2, 0.25) is 0 Å². The number of hydrogen-bond acceptors (Lipinski definition) is 5. The van der Waals surface area contributed by atoms with E-state index in [-0.39, 0.29) is 11.5 Å². The van der Waals surface area contributed by atoms with Gasteiger partial charge in [0.15, 0.2) is 6.17 Å². The largest absolute Gasteiger partial charge is 0.493 e. The van der Waals surface area contributed by atoms with Crippen molar-refractivity contribution in [3.8, 4) is 0 Å². The molecule has 32 heavy (non-hydrogen) atoms. The number of hydrogen-bond donors (Lipinski definition) is 0. The number of rotatable bonds is 3. The van der Waals surface area contributed by atoms with Crippen LogP contribution in [-0.2, 0) is 9.63 Å². The smallest absolute Gasteiger partial charge is 0.326 e. The van der Waals surface area contributed by atoms with Gasteiger partial charge < -0.3 is 9.74 Å². The molecule has 7 rings (SSSR count). The summed E-state index contributed by atoms with van der Waals surface area (Å²) in [4.78, 5) is 18.8. The Morgan fingerprint density at radius 3 is 2.22 bits per heavy atom. The number of amidine groups is 1. The Kier molecular flexibility index (Phi) is 4.53. The first-order chi connectivity index (χ1) is 15.3. The number of halogens is 3. The molecule has 4 bridgehead atoms. The van der Waals surface area contributed by atoms with Crippen LogP contribution in [-0.4, -0.2) is 34.2 Å². The van der Waals surface area contributed by atoms with Crippen molar-refractivity contribution in [2.45, 2.75) is 76.2 Å². The zero-order valence-corrected chi connectivity index (χ0v) is 17.9. The molecule has 2 unspecified atom stereocenters. The number of piperidine rings is 1. The van der Waals surface area contributed by atoms with Crippen LogP contribution < -0.4 is 0 Å². The maximum Gasteiger partial charge on any atom is 0.493 e. The maximum atomic E-state index is 13.0. The molecule has 5 fully saturated rings. The minimum absolute atomic E-state index is 0.0243. The second-order valence-corrected chi connectivity index (χ2v) is 10.5. The minimum atomic E-state index is -5.04. The van der Waals surface area contributed by atoms with Crippen LogP contribution in [0.25, 0.3) is 0 Å². The molecule has 172 valence electrons. The Morgan fingerprint density at radius 2 is 1.62 bits per heavy atom. The SMILES string of the molecule is O=C(ON1N=C(C23CC4CC(CC(C4)C2)C3)N2C(c3ccccc3)CCCC12)C(F)(F)F. The third kappa shape index (κ3) is 3.20. The number of carbonyl (C=O) groups is 1. The zero-order valence-electron chi connectivity index (χ0n) is 17.9. The van der Waals surface area contributed by atoms with Gasteiger partial charge in [-0.2, -0.15) is 13.2 Å². The van der Waals surface area contributed by atoms with Gasteiger partial charge in [0.05, 0.1) is 6.04 Å². The van der Waals surface area contributed by atoms with Crippen molar-refractivity contribution in [3.05, 3.63) is 35.9 Å². The summed E-state index contributed by atoms with van der Waals surface area (Å²) in [6.45, 7) is 0. The standard InChI is InChI=1S/C24H28F3N3O2/c25-24(26,27)22(31)32-30-20-8-4-7-19(18-5-2-1-3-6-18)29(20)21(28-30)23-12-15-9-16(13-23)11-17(10-15)14-23/h1-3,5-6,15-17,19-20H,4,7-14H2. The predicted octanol–water partition coefficient (Wildman–Crippen LogP) is 5.41. The number of nitrogens with zero attached hydrogens (tertiary/aromatic N) is 3. The van der Waals surface area contributed by atoms with Crippen LogP contribution in [0.5, 0.6) is 0 Å². The van der Waals surface area contributed by atoms with Crippen LogP contribution >= 0.6 is 0 Å². The number of hydroxylamine groups is 1. The van der Waals surface area contributed by atoms with Crippen molar-refractivity contribution in [3.63, 3.8) is 0 Å². The molecule has 0 amide bonds. The summed E-state index contributed by atoms with van der Waals surface area (Å²) in [5, 5.41) is 5.67. The minimum Gasteiger partial charge on any atom is -0.326 e. The highest BCUT2D eigenvalue weighted by atomic mass is 19.4. The highest BCUT2D eigenvalue weighted by Crippen LogP contribution is 2.62. The lowest BCUT2D eigenvalue weighted by Gasteiger charge is -2.58. The fraction of sp³-hybridized carbons (Fsp3) is 0.667. The average molecular weight is 448 g/mol. The molecule has 2 aliphatic heterocycles. The Morgan fingerprint density at radius 1 is 1.00 bits per heavy atom. The van der Waals surface area contributed by atoms with E-state index in [0.717, 1.165) is 48.7 Å². The van der Waals surface area contributed by atoms with Crippen LogP contribution in [0, 0.1) is 23.2 Å². The number of benzene rings is 1. The second kappa shape index (κ2) is 7.12. The van der Waals surface area contributed by atoms with Crippen LogP contribution in [0.4, 0.5) is 13.2 Å². The molecule has 1 aromatic rings. The van der Waals surface area contributed by atoms with E-state index in [4.69, 9.17) is 4.84 Å². The van der Waals surface area contributed by atoms with E-state index in [0.29, 0.717) is 24.2 Å². The van der Waals surface area contributed by atoms with Crippen molar-refractivity contribution in [1.82, 2.24) is 10.1 Å². The molecule has 0 aromatic heterocycles. The quantitative estimate of drug-likeness (QED) is 0.622. The molecular weight excluding hydrogens is 419 g/mol. The Hall–Kier alpha value is -2.25. The molecule has 2 heterocycles. The van der Waals surface area contributed by atoms with Gasteiger partial charge in [-0.3, -0.25) is 0 Å². The van der Waals surface area contributed by atoms with Crippen molar-refractivity contribution in [2.24, 2.45) is 28.3 Å².